The maximum atomic E-state index is 13.7. The van der Waals surface area contributed by atoms with Crippen LogP contribution in [0.25, 0.3) is 0 Å². The van der Waals surface area contributed by atoms with Crippen LogP contribution in [-0.4, -0.2) is 23.9 Å². The average Bonchev–Trinajstić information content (AvgIpc) is 2.33. The van der Waals surface area contributed by atoms with E-state index in [4.69, 9.17) is 17.3 Å². The molecule has 2 atom stereocenters. The molecule has 0 amide bonds. The van der Waals surface area contributed by atoms with Gasteiger partial charge in [0.05, 0.1) is 12.6 Å². The Kier molecular flexibility index (Phi) is 4.86. The zero-order valence-corrected chi connectivity index (χ0v) is 10.2. The lowest BCUT2D eigenvalue weighted by Crippen LogP contribution is -2.31. The SMILES string of the molecule is CCOC(=O)C(F)[C@H](N)c1c(Cl)ccc(F)c1O. The second-order valence-electron chi connectivity index (χ2n) is 3.47. The summed E-state index contributed by atoms with van der Waals surface area (Å²) in [4.78, 5) is 11.2. The quantitative estimate of drug-likeness (QED) is 0.828. The van der Waals surface area contributed by atoms with Crippen LogP contribution in [0.5, 0.6) is 5.75 Å². The first kappa shape index (κ1) is 14.7. The molecule has 0 spiro atoms. The predicted molar refractivity (Wildman–Crippen MR) is 61.5 cm³/mol. The number of carbonyl (C=O) groups excluding carboxylic acids is 1. The van der Waals surface area contributed by atoms with Gasteiger partial charge in [-0.25, -0.2) is 13.6 Å². The molecule has 1 aromatic carbocycles. The fourth-order valence-corrected chi connectivity index (χ4v) is 1.67. The van der Waals surface area contributed by atoms with Gasteiger partial charge in [-0.05, 0) is 19.1 Å². The number of alkyl halides is 1. The van der Waals surface area contributed by atoms with Crippen molar-refractivity contribution in [2.75, 3.05) is 6.61 Å². The van der Waals surface area contributed by atoms with Gasteiger partial charge in [0.15, 0.2) is 11.6 Å². The fourth-order valence-electron chi connectivity index (χ4n) is 1.39. The van der Waals surface area contributed by atoms with Gasteiger partial charge >= 0.3 is 5.97 Å². The number of halogens is 3. The number of benzene rings is 1. The third kappa shape index (κ3) is 2.88. The van der Waals surface area contributed by atoms with E-state index in [1.807, 2.05) is 0 Å². The van der Waals surface area contributed by atoms with Gasteiger partial charge in [0.2, 0.25) is 6.17 Å². The van der Waals surface area contributed by atoms with Gasteiger partial charge in [0, 0.05) is 10.6 Å². The van der Waals surface area contributed by atoms with Crippen molar-refractivity contribution in [3.05, 3.63) is 28.5 Å². The van der Waals surface area contributed by atoms with E-state index in [9.17, 15) is 18.7 Å². The Morgan fingerprint density at radius 1 is 1.61 bits per heavy atom. The molecule has 0 aromatic heterocycles. The maximum absolute atomic E-state index is 13.7. The fraction of sp³-hybridized carbons (Fsp3) is 0.364. The largest absolute Gasteiger partial charge is 0.505 e. The number of hydrogen-bond acceptors (Lipinski definition) is 4. The number of hydrogen-bond donors (Lipinski definition) is 2. The Morgan fingerprint density at radius 3 is 2.78 bits per heavy atom. The van der Waals surface area contributed by atoms with Gasteiger partial charge in [-0.2, -0.15) is 0 Å². The summed E-state index contributed by atoms with van der Waals surface area (Å²) in [6, 6.07) is 0.419. The van der Waals surface area contributed by atoms with Gasteiger partial charge in [-0.1, -0.05) is 11.6 Å². The Labute approximate surface area is 107 Å². The highest BCUT2D eigenvalue weighted by molar-refractivity contribution is 6.31. The highest BCUT2D eigenvalue weighted by Crippen LogP contribution is 2.34. The van der Waals surface area contributed by atoms with Crippen LogP contribution in [0.4, 0.5) is 8.78 Å². The number of carbonyl (C=O) groups is 1. The molecule has 0 aliphatic rings. The zero-order chi connectivity index (χ0) is 13.9. The average molecular weight is 280 g/mol. The van der Waals surface area contributed by atoms with Gasteiger partial charge in [0.1, 0.15) is 0 Å². The van der Waals surface area contributed by atoms with Crippen LogP contribution in [-0.2, 0) is 9.53 Å². The molecule has 18 heavy (non-hydrogen) atoms. The van der Waals surface area contributed by atoms with Crippen molar-refractivity contribution in [3.63, 3.8) is 0 Å². The molecule has 0 radical (unpaired) electrons. The van der Waals surface area contributed by atoms with Crippen molar-refractivity contribution >= 4 is 17.6 Å². The summed E-state index contributed by atoms with van der Waals surface area (Å²) in [5.74, 6) is -3.06. The smallest absolute Gasteiger partial charge is 0.342 e. The molecule has 4 nitrogen and oxygen atoms in total. The van der Waals surface area contributed by atoms with Crippen molar-refractivity contribution in [3.8, 4) is 5.75 Å². The van der Waals surface area contributed by atoms with Crippen LogP contribution in [0.15, 0.2) is 12.1 Å². The van der Waals surface area contributed by atoms with Crippen molar-refractivity contribution < 1.29 is 23.4 Å². The third-order valence-corrected chi connectivity index (χ3v) is 2.60. The summed E-state index contributed by atoms with van der Waals surface area (Å²) < 4.78 is 31.2. The molecule has 0 aliphatic carbocycles. The van der Waals surface area contributed by atoms with E-state index in [1.54, 1.807) is 0 Å². The molecule has 0 aliphatic heterocycles. The molecule has 1 rings (SSSR count). The molecule has 1 unspecified atom stereocenters. The summed E-state index contributed by atoms with van der Waals surface area (Å²) in [5, 5.41) is 9.32. The number of rotatable bonds is 4. The van der Waals surface area contributed by atoms with E-state index in [-0.39, 0.29) is 17.2 Å². The summed E-state index contributed by atoms with van der Waals surface area (Å²) in [5.41, 5.74) is 5.09. The van der Waals surface area contributed by atoms with Crippen LogP contribution >= 0.6 is 11.6 Å². The van der Waals surface area contributed by atoms with Gasteiger partial charge < -0.3 is 15.6 Å². The molecule has 100 valence electrons. The molecule has 3 N–H and O–H groups in total. The van der Waals surface area contributed by atoms with Crippen molar-refractivity contribution in [1.29, 1.82) is 0 Å². The van der Waals surface area contributed by atoms with Crippen LogP contribution in [0, 0.1) is 5.82 Å². The number of esters is 1. The topological polar surface area (TPSA) is 72.5 Å². The van der Waals surface area contributed by atoms with E-state index < -0.39 is 29.7 Å². The van der Waals surface area contributed by atoms with Gasteiger partial charge in [-0.15, -0.1) is 0 Å². The van der Waals surface area contributed by atoms with Crippen molar-refractivity contribution in [1.82, 2.24) is 0 Å². The van der Waals surface area contributed by atoms with E-state index in [1.165, 1.54) is 6.92 Å². The lowest BCUT2D eigenvalue weighted by molar-refractivity contribution is -0.149. The summed E-state index contributed by atoms with van der Waals surface area (Å²) in [6.45, 7) is 1.48. The third-order valence-electron chi connectivity index (χ3n) is 2.28. The Hall–Kier alpha value is -1.40. The van der Waals surface area contributed by atoms with E-state index in [0.29, 0.717) is 0 Å². The number of aromatic hydroxyl groups is 1. The first-order chi connectivity index (χ1) is 8.40. The summed E-state index contributed by atoms with van der Waals surface area (Å²) in [7, 11) is 0. The summed E-state index contributed by atoms with van der Waals surface area (Å²) >= 11 is 5.70. The van der Waals surface area contributed by atoms with E-state index in [0.717, 1.165) is 12.1 Å². The molecular formula is C11H12ClF2NO3. The lowest BCUT2D eigenvalue weighted by atomic mass is 10.0. The van der Waals surface area contributed by atoms with Gasteiger partial charge in [-0.3, -0.25) is 0 Å². The predicted octanol–water partition coefficient (Wildman–Crippen LogP) is 2.09. The normalized spacial score (nSPS) is 14.1. The molecular weight excluding hydrogens is 268 g/mol. The molecule has 0 fully saturated rings. The minimum Gasteiger partial charge on any atom is -0.505 e. The number of nitrogens with two attached hydrogens (primary N) is 1. The summed E-state index contributed by atoms with van der Waals surface area (Å²) in [6.07, 6.45) is -2.24. The first-order valence-electron chi connectivity index (χ1n) is 5.13. The maximum Gasteiger partial charge on any atom is 0.342 e. The van der Waals surface area contributed by atoms with Crippen molar-refractivity contribution in [2.24, 2.45) is 5.73 Å². The van der Waals surface area contributed by atoms with E-state index >= 15 is 0 Å². The highest BCUT2D eigenvalue weighted by Gasteiger charge is 2.32. The standard InChI is InChI=1S/C11H12ClF2NO3/c1-2-18-11(17)8(14)9(15)7-5(12)3-4-6(13)10(7)16/h3-4,8-9,16H,2,15H2,1H3/t8?,9-/m1/s1. The second-order valence-corrected chi connectivity index (χ2v) is 3.88. The monoisotopic (exact) mass is 279 g/mol. The molecule has 7 heteroatoms. The van der Waals surface area contributed by atoms with Crippen LogP contribution in [0.2, 0.25) is 5.02 Å². The Balaban J connectivity index is 3.07. The highest BCUT2D eigenvalue weighted by atomic mass is 35.5. The van der Waals surface area contributed by atoms with Crippen molar-refractivity contribution in [2.45, 2.75) is 19.1 Å². The first-order valence-corrected chi connectivity index (χ1v) is 5.51. The minimum atomic E-state index is -2.24. The van der Waals surface area contributed by atoms with Gasteiger partial charge in [0.25, 0.3) is 0 Å². The molecule has 1 aromatic rings. The van der Waals surface area contributed by atoms with Crippen LogP contribution in [0.3, 0.4) is 0 Å². The number of phenolic OH excluding ortho intramolecular Hbond substituents is 1. The number of phenols is 1. The lowest BCUT2D eigenvalue weighted by Gasteiger charge is -2.18. The van der Waals surface area contributed by atoms with Crippen LogP contribution < -0.4 is 5.73 Å². The zero-order valence-electron chi connectivity index (χ0n) is 9.49. The van der Waals surface area contributed by atoms with Crippen LogP contribution in [0.1, 0.15) is 18.5 Å². The second kappa shape index (κ2) is 5.97. The minimum absolute atomic E-state index is 0.0190. The molecule has 0 heterocycles. The Morgan fingerprint density at radius 2 is 2.22 bits per heavy atom. The van der Waals surface area contributed by atoms with E-state index in [2.05, 4.69) is 4.74 Å². The number of ether oxygens (including phenoxy) is 1. The molecule has 0 saturated carbocycles. The molecule has 0 bridgehead atoms. The molecule has 0 saturated heterocycles. The Bertz CT molecular complexity index is 456.